The van der Waals surface area contributed by atoms with E-state index in [0.29, 0.717) is 26.0 Å². The van der Waals surface area contributed by atoms with Crippen LogP contribution in [0.15, 0.2) is 61.1 Å². The Balaban J connectivity index is 1.45. The predicted molar refractivity (Wildman–Crippen MR) is 108 cm³/mol. The summed E-state index contributed by atoms with van der Waals surface area (Å²) in [5.41, 5.74) is 8.87. The van der Waals surface area contributed by atoms with E-state index in [1.807, 2.05) is 18.2 Å². The first kappa shape index (κ1) is 19.6. The van der Waals surface area contributed by atoms with Gasteiger partial charge in [-0.25, -0.2) is 4.98 Å². The van der Waals surface area contributed by atoms with Gasteiger partial charge in [0, 0.05) is 12.7 Å². The number of aromatic nitrogens is 2. The minimum absolute atomic E-state index is 0.198. The average molecular weight is 379 g/mol. The molecule has 0 spiro atoms. The van der Waals surface area contributed by atoms with Crippen molar-refractivity contribution in [2.45, 2.75) is 32.4 Å². The summed E-state index contributed by atoms with van der Waals surface area (Å²) >= 11 is 0. The van der Waals surface area contributed by atoms with Crippen LogP contribution in [0.1, 0.15) is 28.9 Å². The fourth-order valence-corrected chi connectivity index (χ4v) is 2.94. The number of ether oxygens (including phenoxy) is 1. The summed E-state index contributed by atoms with van der Waals surface area (Å²) in [6.07, 6.45) is 3.79. The summed E-state index contributed by atoms with van der Waals surface area (Å²) in [7, 11) is 0. The van der Waals surface area contributed by atoms with Crippen LogP contribution < -0.4 is 10.5 Å². The van der Waals surface area contributed by atoms with Gasteiger partial charge in [0.2, 0.25) is 0 Å². The topological polar surface area (TPSA) is 90.4 Å². The molecule has 3 rings (SSSR count). The number of hydrogen-bond acceptors (Lipinski definition) is 4. The molecule has 3 N–H and O–H groups in total. The van der Waals surface area contributed by atoms with Gasteiger partial charge < -0.3 is 20.1 Å². The monoisotopic (exact) mass is 379 g/mol. The van der Waals surface area contributed by atoms with Crippen molar-refractivity contribution in [3.05, 3.63) is 72.3 Å². The number of carbonyl (C=O) groups excluding carboxylic acids is 1. The number of nitrogens with two attached hydrogens (primary N) is 1. The molecule has 146 valence electrons. The highest BCUT2D eigenvalue weighted by atomic mass is 16.5. The van der Waals surface area contributed by atoms with Gasteiger partial charge in [0.1, 0.15) is 11.4 Å². The molecule has 6 heteroatoms. The Morgan fingerprint density at radius 1 is 1.21 bits per heavy atom. The van der Waals surface area contributed by atoms with Gasteiger partial charge in [0.15, 0.2) is 0 Å². The SMILES string of the molecule is Cc1ccc(-c2cccc(OCCCC(O)Cn3cnc(C(N)=O)c3)c2)cc1. The molecule has 0 saturated carbocycles. The molecular formula is C22H25N3O3. The number of rotatable bonds is 9. The van der Waals surface area contributed by atoms with E-state index < -0.39 is 12.0 Å². The molecule has 1 amide bonds. The first-order valence-corrected chi connectivity index (χ1v) is 9.31. The maximum absolute atomic E-state index is 11.0. The Labute approximate surface area is 164 Å². The van der Waals surface area contributed by atoms with Crippen molar-refractivity contribution >= 4 is 5.91 Å². The van der Waals surface area contributed by atoms with Gasteiger partial charge >= 0.3 is 0 Å². The number of carbonyl (C=O) groups is 1. The second kappa shape index (κ2) is 9.19. The van der Waals surface area contributed by atoms with Crippen LogP contribution >= 0.6 is 0 Å². The molecule has 0 aliphatic heterocycles. The molecule has 0 radical (unpaired) electrons. The third kappa shape index (κ3) is 5.44. The molecule has 1 atom stereocenters. The lowest BCUT2D eigenvalue weighted by Crippen LogP contribution is -2.16. The number of imidazole rings is 1. The number of nitrogens with zero attached hydrogens (tertiary/aromatic N) is 2. The van der Waals surface area contributed by atoms with Crippen molar-refractivity contribution in [1.82, 2.24) is 9.55 Å². The largest absolute Gasteiger partial charge is 0.494 e. The lowest BCUT2D eigenvalue weighted by atomic mass is 10.0. The molecule has 1 heterocycles. The van der Waals surface area contributed by atoms with Crippen molar-refractivity contribution in [3.8, 4) is 16.9 Å². The third-order valence-corrected chi connectivity index (χ3v) is 4.48. The molecule has 0 aliphatic rings. The first-order valence-electron chi connectivity index (χ1n) is 9.31. The first-order chi connectivity index (χ1) is 13.5. The molecule has 0 saturated heterocycles. The number of amides is 1. The van der Waals surface area contributed by atoms with Crippen LogP contribution in [-0.4, -0.2) is 33.3 Å². The van der Waals surface area contributed by atoms with Crippen LogP contribution in [0.3, 0.4) is 0 Å². The number of aliphatic hydroxyl groups is 1. The highest BCUT2D eigenvalue weighted by Gasteiger charge is 2.09. The fraction of sp³-hybridized carbons (Fsp3) is 0.273. The second-order valence-corrected chi connectivity index (χ2v) is 6.86. The zero-order chi connectivity index (χ0) is 19.9. The Bertz CT molecular complexity index is 919. The quantitative estimate of drug-likeness (QED) is 0.559. The minimum Gasteiger partial charge on any atom is -0.494 e. The maximum atomic E-state index is 11.0. The Hall–Kier alpha value is -3.12. The Kier molecular flexibility index (Phi) is 6.45. The lowest BCUT2D eigenvalue weighted by Gasteiger charge is -2.12. The van der Waals surface area contributed by atoms with E-state index >= 15 is 0 Å². The van der Waals surface area contributed by atoms with Crippen molar-refractivity contribution < 1.29 is 14.6 Å². The molecule has 1 unspecified atom stereocenters. The summed E-state index contributed by atoms with van der Waals surface area (Å²) < 4.78 is 7.50. The highest BCUT2D eigenvalue weighted by molar-refractivity contribution is 5.90. The summed E-state index contributed by atoms with van der Waals surface area (Å²) in [6.45, 7) is 2.95. The van der Waals surface area contributed by atoms with Crippen molar-refractivity contribution in [3.63, 3.8) is 0 Å². The molecule has 0 bridgehead atoms. The zero-order valence-electron chi connectivity index (χ0n) is 15.9. The van der Waals surface area contributed by atoms with E-state index in [4.69, 9.17) is 10.5 Å². The van der Waals surface area contributed by atoms with E-state index in [2.05, 4.69) is 42.2 Å². The maximum Gasteiger partial charge on any atom is 0.268 e. The second-order valence-electron chi connectivity index (χ2n) is 6.86. The van der Waals surface area contributed by atoms with Crippen LogP contribution in [0.25, 0.3) is 11.1 Å². The molecule has 1 aromatic heterocycles. The third-order valence-electron chi connectivity index (χ3n) is 4.48. The number of aryl methyl sites for hydroxylation is 1. The predicted octanol–water partition coefficient (Wildman–Crippen LogP) is 3.18. The van der Waals surface area contributed by atoms with Crippen LogP contribution in [0.4, 0.5) is 0 Å². The number of primary amides is 1. The van der Waals surface area contributed by atoms with E-state index in [-0.39, 0.29) is 5.69 Å². The minimum atomic E-state index is -0.575. The normalized spacial score (nSPS) is 11.9. The fourth-order valence-electron chi connectivity index (χ4n) is 2.94. The molecule has 28 heavy (non-hydrogen) atoms. The van der Waals surface area contributed by atoms with Gasteiger partial charge in [-0.3, -0.25) is 4.79 Å². The molecule has 0 fully saturated rings. The van der Waals surface area contributed by atoms with Crippen molar-refractivity contribution in [2.24, 2.45) is 5.73 Å². The van der Waals surface area contributed by atoms with Gasteiger partial charge in [-0.1, -0.05) is 42.0 Å². The summed E-state index contributed by atoms with van der Waals surface area (Å²) in [5.74, 6) is 0.239. The van der Waals surface area contributed by atoms with E-state index in [1.54, 1.807) is 10.8 Å². The van der Waals surface area contributed by atoms with Crippen LogP contribution in [0.5, 0.6) is 5.75 Å². The van der Waals surface area contributed by atoms with Crippen LogP contribution in [0.2, 0.25) is 0 Å². The molecule has 0 aliphatic carbocycles. The van der Waals surface area contributed by atoms with E-state index in [0.717, 1.165) is 16.9 Å². The molecule has 2 aromatic carbocycles. The van der Waals surface area contributed by atoms with E-state index in [9.17, 15) is 9.90 Å². The van der Waals surface area contributed by atoms with E-state index in [1.165, 1.54) is 11.9 Å². The number of benzene rings is 2. The van der Waals surface area contributed by atoms with Crippen LogP contribution in [-0.2, 0) is 6.54 Å². The summed E-state index contributed by atoms with van der Waals surface area (Å²) in [4.78, 5) is 14.9. The van der Waals surface area contributed by atoms with Crippen molar-refractivity contribution in [1.29, 1.82) is 0 Å². The van der Waals surface area contributed by atoms with Gasteiger partial charge in [0.05, 0.1) is 19.0 Å². The lowest BCUT2D eigenvalue weighted by molar-refractivity contribution is 0.0995. The van der Waals surface area contributed by atoms with Crippen LogP contribution in [0, 0.1) is 6.92 Å². The zero-order valence-corrected chi connectivity index (χ0v) is 15.9. The van der Waals surface area contributed by atoms with Gasteiger partial charge in [-0.15, -0.1) is 0 Å². The summed E-state index contributed by atoms with van der Waals surface area (Å²) in [6, 6.07) is 16.4. The number of hydrogen-bond donors (Lipinski definition) is 2. The Morgan fingerprint density at radius 2 is 2.00 bits per heavy atom. The van der Waals surface area contributed by atoms with Crippen molar-refractivity contribution in [2.75, 3.05) is 6.61 Å². The molecule has 6 nitrogen and oxygen atoms in total. The number of aliphatic hydroxyl groups excluding tert-OH is 1. The smallest absolute Gasteiger partial charge is 0.268 e. The standard InChI is InChI=1S/C22H25N3O3/c1-16-7-9-17(10-8-16)18-4-2-6-20(12-18)28-11-3-5-19(26)13-25-14-21(22(23)27)24-15-25/h2,4,6-10,12,14-15,19,26H,3,5,11,13H2,1H3,(H2,23,27). The molecule has 3 aromatic rings. The average Bonchev–Trinajstić information content (AvgIpc) is 3.15. The van der Waals surface area contributed by atoms with Gasteiger partial charge in [0.25, 0.3) is 5.91 Å². The Morgan fingerprint density at radius 3 is 2.71 bits per heavy atom. The van der Waals surface area contributed by atoms with Gasteiger partial charge in [-0.2, -0.15) is 0 Å². The highest BCUT2D eigenvalue weighted by Crippen LogP contribution is 2.24. The summed E-state index contributed by atoms with van der Waals surface area (Å²) in [5, 5.41) is 10.1. The van der Waals surface area contributed by atoms with Gasteiger partial charge in [-0.05, 0) is 43.0 Å². The molecular weight excluding hydrogens is 354 g/mol.